The van der Waals surface area contributed by atoms with Crippen molar-refractivity contribution in [2.75, 3.05) is 5.32 Å². The van der Waals surface area contributed by atoms with Gasteiger partial charge in [-0.2, -0.15) is 0 Å². The van der Waals surface area contributed by atoms with Crippen molar-refractivity contribution in [3.05, 3.63) is 69.3 Å². The number of nitrogens with one attached hydrogen (secondary N) is 1. The first-order valence-corrected chi connectivity index (χ1v) is 6.85. The highest BCUT2D eigenvalue weighted by Gasteiger charge is 2.11. The average molecular weight is 320 g/mol. The molecule has 1 amide bonds. The molecule has 0 spiro atoms. The third-order valence-electron chi connectivity index (χ3n) is 3.33. The van der Waals surface area contributed by atoms with E-state index in [-0.39, 0.29) is 24.4 Å². The van der Waals surface area contributed by atoms with Crippen molar-refractivity contribution in [3.8, 4) is 0 Å². The van der Waals surface area contributed by atoms with E-state index in [9.17, 15) is 23.7 Å². The summed E-state index contributed by atoms with van der Waals surface area (Å²) < 4.78 is 25.9. The van der Waals surface area contributed by atoms with Crippen LogP contribution in [0.4, 0.5) is 20.2 Å². The number of amides is 1. The van der Waals surface area contributed by atoms with Crippen LogP contribution in [0.15, 0.2) is 36.4 Å². The molecule has 0 atom stereocenters. The number of aryl methyl sites for hydroxylation is 2. The monoisotopic (exact) mass is 320 g/mol. The van der Waals surface area contributed by atoms with Crippen LogP contribution in [-0.2, 0) is 11.2 Å². The Labute approximate surface area is 131 Å². The van der Waals surface area contributed by atoms with Gasteiger partial charge in [-0.15, -0.1) is 0 Å². The number of halogens is 2. The molecule has 0 aliphatic carbocycles. The van der Waals surface area contributed by atoms with Crippen molar-refractivity contribution in [2.24, 2.45) is 0 Å². The number of non-ortho nitro benzene ring substituents is 1. The zero-order chi connectivity index (χ0) is 17.0. The van der Waals surface area contributed by atoms with Gasteiger partial charge >= 0.3 is 0 Å². The molecule has 0 aromatic heterocycles. The largest absolute Gasteiger partial charge is 0.326 e. The van der Waals surface area contributed by atoms with Gasteiger partial charge in [-0.25, -0.2) is 8.78 Å². The van der Waals surface area contributed by atoms with Crippen molar-refractivity contribution in [3.63, 3.8) is 0 Å². The van der Waals surface area contributed by atoms with Crippen LogP contribution in [-0.4, -0.2) is 10.8 Å². The Morgan fingerprint density at radius 2 is 1.91 bits per heavy atom. The maximum atomic E-state index is 13.1. The van der Waals surface area contributed by atoms with Crippen molar-refractivity contribution in [1.82, 2.24) is 0 Å². The molecule has 0 heterocycles. The van der Waals surface area contributed by atoms with Gasteiger partial charge in [-0.1, -0.05) is 12.1 Å². The van der Waals surface area contributed by atoms with Crippen LogP contribution in [0.3, 0.4) is 0 Å². The van der Waals surface area contributed by atoms with Crippen LogP contribution in [0.5, 0.6) is 0 Å². The lowest BCUT2D eigenvalue weighted by molar-refractivity contribution is -0.384. The summed E-state index contributed by atoms with van der Waals surface area (Å²) in [4.78, 5) is 22.1. The van der Waals surface area contributed by atoms with E-state index in [1.807, 2.05) is 0 Å². The molecule has 120 valence electrons. The second-order valence-corrected chi connectivity index (χ2v) is 5.05. The van der Waals surface area contributed by atoms with Gasteiger partial charge in [-0.05, 0) is 36.6 Å². The second-order valence-electron chi connectivity index (χ2n) is 5.05. The molecule has 0 aliphatic heterocycles. The Morgan fingerprint density at radius 1 is 1.17 bits per heavy atom. The quantitative estimate of drug-likeness (QED) is 0.673. The minimum absolute atomic E-state index is 0.0488. The normalized spacial score (nSPS) is 10.4. The van der Waals surface area contributed by atoms with Gasteiger partial charge in [-0.3, -0.25) is 14.9 Å². The molecule has 0 radical (unpaired) electrons. The first kappa shape index (κ1) is 16.5. The Hall–Kier alpha value is -2.83. The van der Waals surface area contributed by atoms with Crippen LogP contribution in [0.2, 0.25) is 0 Å². The lowest BCUT2D eigenvalue weighted by Crippen LogP contribution is -2.13. The third-order valence-corrected chi connectivity index (χ3v) is 3.33. The summed E-state index contributed by atoms with van der Waals surface area (Å²) in [6.45, 7) is 1.72. The standard InChI is InChI=1S/C16H14F2N2O3/c1-10-2-5-12(20(22)23)9-15(10)19-16(21)7-4-11-3-6-13(17)14(18)8-11/h2-3,5-6,8-9H,4,7H2,1H3,(H,19,21). The highest BCUT2D eigenvalue weighted by atomic mass is 19.2. The molecule has 0 aliphatic rings. The van der Waals surface area contributed by atoms with Gasteiger partial charge < -0.3 is 5.32 Å². The Balaban J connectivity index is 2.00. The number of rotatable bonds is 5. The molecule has 0 saturated heterocycles. The lowest BCUT2D eigenvalue weighted by Gasteiger charge is -2.08. The van der Waals surface area contributed by atoms with E-state index in [1.54, 1.807) is 13.0 Å². The van der Waals surface area contributed by atoms with E-state index in [0.717, 1.165) is 12.1 Å². The van der Waals surface area contributed by atoms with Crippen molar-refractivity contribution < 1.29 is 18.5 Å². The van der Waals surface area contributed by atoms with Crippen LogP contribution in [0.1, 0.15) is 17.5 Å². The molecular weight excluding hydrogens is 306 g/mol. The number of nitro groups is 1. The number of carbonyl (C=O) groups excluding carboxylic acids is 1. The Morgan fingerprint density at radius 3 is 2.57 bits per heavy atom. The fourth-order valence-electron chi connectivity index (χ4n) is 2.02. The number of anilines is 1. The number of hydrogen-bond acceptors (Lipinski definition) is 3. The zero-order valence-electron chi connectivity index (χ0n) is 12.3. The van der Waals surface area contributed by atoms with Gasteiger partial charge in [0.1, 0.15) is 0 Å². The van der Waals surface area contributed by atoms with Crippen LogP contribution < -0.4 is 5.32 Å². The molecule has 23 heavy (non-hydrogen) atoms. The molecule has 1 N–H and O–H groups in total. The molecule has 2 aromatic carbocycles. The van der Waals surface area contributed by atoms with Crippen molar-refractivity contribution in [1.29, 1.82) is 0 Å². The first-order chi connectivity index (χ1) is 10.9. The topological polar surface area (TPSA) is 72.2 Å². The molecule has 0 saturated carbocycles. The summed E-state index contributed by atoms with van der Waals surface area (Å²) >= 11 is 0. The smallest absolute Gasteiger partial charge is 0.271 e. The van der Waals surface area contributed by atoms with Crippen LogP contribution >= 0.6 is 0 Å². The number of nitrogens with zero attached hydrogens (tertiary/aromatic N) is 1. The van der Waals surface area contributed by atoms with Gasteiger partial charge in [0.25, 0.3) is 5.69 Å². The van der Waals surface area contributed by atoms with Crippen LogP contribution in [0.25, 0.3) is 0 Å². The minimum Gasteiger partial charge on any atom is -0.326 e. The fourth-order valence-corrected chi connectivity index (χ4v) is 2.02. The molecule has 5 nitrogen and oxygen atoms in total. The van der Waals surface area contributed by atoms with Crippen molar-refractivity contribution in [2.45, 2.75) is 19.8 Å². The van der Waals surface area contributed by atoms with Gasteiger partial charge in [0.05, 0.1) is 10.6 Å². The SMILES string of the molecule is Cc1ccc([N+](=O)[O-])cc1NC(=O)CCc1ccc(F)c(F)c1. The molecule has 0 unspecified atom stereocenters. The molecule has 2 rings (SSSR count). The number of nitro benzene ring substituents is 1. The maximum Gasteiger partial charge on any atom is 0.271 e. The molecular formula is C16H14F2N2O3. The van der Waals surface area contributed by atoms with Gasteiger partial charge in [0.2, 0.25) is 5.91 Å². The van der Waals surface area contributed by atoms with Gasteiger partial charge in [0.15, 0.2) is 11.6 Å². The summed E-state index contributed by atoms with van der Waals surface area (Å²) in [6, 6.07) is 7.64. The first-order valence-electron chi connectivity index (χ1n) is 6.85. The van der Waals surface area contributed by atoms with E-state index in [2.05, 4.69) is 5.32 Å². The lowest BCUT2D eigenvalue weighted by atomic mass is 10.1. The highest BCUT2D eigenvalue weighted by Crippen LogP contribution is 2.22. The van der Waals surface area contributed by atoms with E-state index in [4.69, 9.17) is 0 Å². The minimum atomic E-state index is -0.961. The summed E-state index contributed by atoms with van der Waals surface area (Å²) in [7, 11) is 0. The number of hydrogen-bond donors (Lipinski definition) is 1. The summed E-state index contributed by atoms with van der Waals surface area (Å²) in [5, 5.41) is 13.3. The fraction of sp³-hybridized carbons (Fsp3) is 0.188. The predicted molar refractivity (Wildman–Crippen MR) is 81.1 cm³/mol. The zero-order valence-corrected chi connectivity index (χ0v) is 12.3. The highest BCUT2D eigenvalue weighted by molar-refractivity contribution is 5.92. The molecule has 2 aromatic rings. The Kier molecular flexibility index (Phi) is 5.00. The molecule has 0 fully saturated rings. The maximum absolute atomic E-state index is 13.1. The summed E-state index contributed by atoms with van der Waals surface area (Å²) in [6.07, 6.45) is 0.282. The van der Waals surface area contributed by atoms with E-state index in [1.165, 1.54) is 18.2 Å². The summed E-state index contributed by atoms with van der Waals surface area (Å²) in [5.41, 5.74) is 1.42. The third kappa shape index (κ3) is 4.32. The second kappa shape index (κ2) is 6.95. The Bertz CT molecular complexity index is 763. The predicted octanol–water partition coefficient (Wildman–Crippen LogP) is 3.75. The van der Waals surface area contributed by atoms with E-state index >= 15 is 0 Å². The van der Waals surface area contributed by atoms with E-state index in [0.29, 0.717) is 16.8 Å². The van der Waals surface area contributed by atoms with Crippen LogP contribution in [0, 0.1) is 28.7 Å². The average Bonchev–Trinajstić information content (AvgIpc) is 2.50. The van der Waals surface area contributed by atoms with Crippen molar-refractivity contribution >= 4 is 17.3 Å². The number of carbonyl (C=O) groups is 1. The number of benzene rings is 2. The van der Waals surface area contributed by atoms with E-state index < -0.39 is 16.6 Å². The summed E-state index contributed by atoms with van der Waals surface area (Å²) in [5.74, 6) is -2.26. The van der Waals surface area contributed by atoms with Gasteiger partial charge in [0, 0.05) is 18.6 Å². The molecule has 0 bridgehead atoms. The molecule has 7 heteroatoms.